The Morgan fingerprint density at radius 2 is 0.495 bits per heavy atom. The highest BCUT2D eigenvalue weighted by atomic mass is 31.2. The van der Waals surface area contributed by atoms with Crippen LogP contribution in [0, 0.1) is 11.8 Å². The Morgan fingerprint density at radius 1 is 0.290 bits per heavy atom. The summed E-state index contributed by atoms with van der Waals surface area (Å²) < 4.78 is 68.4. The molecule has 0 saturated carbocycles. The highest BCUT2D eigenvalue weighted by Gasteiger charge is 2.30. The third kappa shape index (κ3) is 68.4. The second-order valence-corrected chi connectivity index (χ2v) is 30.5. The van der Waals surface area contributed by atoms with Crippen LogP contribution in [0.1, 0.15) is 382 Å². The summed E-state index contributed by atoms with van der Waals surface area (Å²) in [5, 5.41) is 10.6. The number of hydrogen-bond acceptors (Lipinski definition) is 15. The predicted molar refractivity (Wildman–Crippen MR) is 377 cm³/mol. The zero-order chi connectivity index (χ0) is 68.6. The molecule has 0 rings (SSSR count). The van der Waals surface area contributed by atoms with E-state index in [2.05, 4.69) is 41.5 Å². The third-order valence-electron chi connectivity index (χ3n) is 17.2. The maximum atomic E-state index is 13.1. The second-order valence-electron chi connectivity index (χ2n) is 27.6. The summed E-state index contributed by atoms with van der Waals surface area (Å²) in [5.74, 6) is -0.584. The van der Waals surface area contributed by atoms with Gasteiger partial charge in [-0.15, -0.1) is 0 Å². The first kappa shape index (κ1) is 91.1. The minimum Gasteiger partial charge on any atom is -0.462 e. The van der Waals surface area contributed by atoms with Crippen LogP contribution in [0.2, 0.25) is 0 Å². The average Bonchev–Trinajstić information content (AvgIpc) is 3.57. The summed E-state index contributed by atoms with van der Waals surface area (Å²) in [7, 11) is -9.91. The van der Waals surface area contributed by atoms with E-state index in [1.54, 1.807) is 0 Å². The molecule has 0 spiro atoms. The van der Waals surface area contributed by atoms with E-state index in [9.17, 15) is 43.2 Å². The van der Waals surface area contributed by atoms with Gasteiger partial charge in [0.05, 0.1) is 26.4 Å². The summed E-state index contributed by atoms with van der Waals surface area (Å²) in [5.41, 5.74) is 0. The molecule has 0 aliphatic rings. The zero-order valence-electron chi connectivity index (χ0n) is 60.6. The number of hydrogen-bond donors (Lipinski definition) is 3. The van der Waals surface area contributed by atoms with Gasteiger partial charge in [0.15, 0.2) is 12.2 Å². The molecule has 552 valence electrons. The maximum Gasteiger partial charge on any atom is 0.472 e. The normalized spacial score (nSPS) is 14.1. The molecule has 0 aromatic heterocycles. The molecular weight excluding hydrogens is 1220 g/mol. The number of aliphatic hydroxyl groups excluding tert-OH is 1. The summed E-state index contributed by atoms with van der Waals surface area (Å²) in [6, 6.07) is 0. The predicted octanol–water partition coefficient (Wildman–Crippen LogP) is 21.6. The molecule has 5 atom stereocenters. The van der Waals surface area contributed by atoms with E-state index in [4.69, 9.17) is 37.0 Å². The van der Waals surface area contributed by atoms with Crippen molar-refractivity contribution in [1.29, 1.82) is 0 Å². The molecule has 0 aromatic rings. The number of rotatable bonds is 73. The molecule has 3 N–H and O–H groups in total. The minimum absolute atomic E-state index is 0.106. The van der Waals surface area contributed by atoms with Gasteiger partial charge in [-0.3, -0.25) is 37.3 Å². The lowest BCUT2D eigenvalue weighted by Gasteiger charge is -2.21. The van der Waals surface area contributed by atoms with Crippen molar-refractivity contribution in [2.75, 3.05) is 39.6 Å². The lowest BCUT2D eigenvalue weighted by molar-refractivity contribution is -0.161. The summed E-state index contributed by atoms with van der Waals surface area (Å²) in [6.45, 7) is 9.57. The van der Waals surface area contributed by atoms with Crippen molar-refractivity contribution in [2.45, 2.75) is 400 Å². The number of carbonyl (C=O) groups excluding carboxylic acids is 4. The second kappa shape index (κ2) is 66.0. The molecule has 93 heavy (non-hydrogen) atoms. The monoisotopic (exact) mass is 1370 g/mol. The van der Waals surface area contributed by atoms with Gasteiger partial charge in [-0.2, -0.15) is 0 Å². The molecule has 0 bridgehead atoms. The van der Waals surface area contributed by atoms with Crippen LogP contribution in [-0.4, -0.2) is 96.7 Å². The fraction of sp³-hybridized carbons (Fsp3) is 0.946. The Kier molecular flexibility index (Phi) is 64.6. The lowest BCUT2D eigenvalue weighted by atomic mass is 10.0. The van der Waals surface area contributed by atoms with Crippen molar-refractivity contribution >= 4 is 39.5 Å². The highest BCUT2D eigenvalue weighted by molar-refractivity contribution is 7.47. The van der Waals surface area contributed by atoms with Gasteiger partial charge in [0.1, 0.15) is 19.3 Å². The SMILES string of the molecule is CCCCCCCCCCCCCCCCCCC(=O)O[C@H](COC(=O)CCCCCCCCCCCCCCC(C)C)COP(=O)(O)OC[C@@H](O)COP(=O)(O)OC[C@@H](COC(=O)CCCCCCCCCCC)OC(=O)CCCCCCCCCCCCC(C)C. The molecule has 0 aromatic carbocycles. The first-order valence-electron chi connectivity index (χ1n) is 38.5. The zero-order valence-corrected chi connectivity index (χ0v) is 62.3. The molecule has 0 aliphatic carbocycles. The molecule has 17 nitrogen and oxygen atoms in total. The number of aliphatic hydroxyl groups is 1. The van der Waals surface area contributed by atoms with Gasteiger partial charge in [-0.25, -0.2) is 9.13 Å². The van der Waals surface area contributed by atoms with Gasteiger partial charge in [0, 0.05) is 25.7 Å². The van der Waals surface area contributed by atoms with Gasteiger partial charge in [0.25, 0.3) is 0 Å². The topological polar surface area (TPSA) is 237 Å². The van der Waals surface area contributed by atoms with Gasteiger partial charge < -0.3 is 33.8 Å². The van der Waals surface area contributed by atoms with Crippen LogP contribution in [-0.2, 0) is 65.4 Å². The largest absolute Gasteiger partial charge is 0.472 e. The summed E-state index contributed by atoms with van der Waals surface area (Å²) in [6.07, 6.45) is 52.6. The summed E-state index contributed by atoms with van der Waals surface area (Å²) >= 11 is 0. The first-order valence-corrected chi connectivity index (χ1v) is 41.5. The van der Waals surface area contributed by atoms with Crippen LogP contribution >= 0.6 is 15.6 Å². The number of carbonyl (C=O) groups is 4. The fourth-order valence-corrected chi connectivity index (χ4v) is 12.9. The fourth-order valence-electron chi connectivity index (χ4n) is 11.3. The molecule has 0 saturated heterocycles. The van der Waals surface area contributed by atoms with E-state index in [-0.39, 0.29) is 25.7 Å². The third-order valence-corrected chi connectivity index (χ3v) is 19.1. The Labute approximate surface area is 568 Å². The number of esters is 4. The van der Waals surface area contributed by atoms with E-state index < -0.39 is 97.5 Å². The molecule has 0 aliphatic heterocycles. The molecule has 0 fully saturated rings. The quantitative estimate of drug-likeness (QED) is 0.0222. The van der Waals surface area contributed by atoms with E-state index in [0.717, 1.165) is 102 Å². The van der Waals surface area contributed by atoms with Crippen molar-refractivity contribution < 1.29 is 80.2 Å². The van der Waals surface area contributed by atoms with E-state index >= 15 is 0 Å². The van der Waals surface area contributed by atoms with Crippen LogP contribution in [0.3, 0.4) is 0 Å². The van der Waals surface area contributed by atoms with Crippen LogP contribution < -0.4 is 0 Å². The van der Waals surface area contributed by atoms with Crippen LogP contribution in [0.25, 0.3) is 0 Å². The lowest BCUT2D eigenvalue weighted by Crippen LogP contribution is -2.30. The standard InChI is InChI=1S/C74H144O17P2/c1-7-9-11-13-15-17-18-19-20-21-22-27-34-40-46-52-58-73(78)90-70(63-85-72(77)57-51-45-39-33-26-24-23-25-31-36-42-48-54-66(3)4)65-89-93(82,83)87-61-68(75)60-86-92(80,81)88-64-69(62-84-71(76)56-50-44-38-30-16-14-12-10-8-2)91-74(79)59-53-47-41-35-29-28-32-37-43-49-55-67(5)6/h66-70,75H,7-65H2,1-6H3,(H,80,81)(H,82,83)/t68-,69+,70+/m0/s1. The molecule has 0 radical (unpaired) electrons. The number of ether oxygens (including phenoxy) is 4. The van der Waals surface area contributed by atoms with Crippen molar-refractivity contribution in [3.63, 3.8) is 0 Å². The van der Waals surface area contributed by atoms with Crippen molar-refractivity contribution in [2.24, 2.45) is 11.8 Å². The van der Waals surface area contributed by atoms with Crippen LogP contribution in [0.15, 0.2) is 0 Å². The average molecular weight is 1370 g/mol. The Balaban J connectivity index is 5.24. The molecule has 0 amide bonds. The van der Waals surface area contributed by atoms with E-state index in [0.29, 0.717) is 25.7 Å². The number of phosphoric acid groups is 2. The highest BCUT2D eigenvalue weighted by Crippen LogP contribution is 2.45. The number of unbranched alkanes of at least 4 members (excludes halogenated alkanes) is 43. The molecular formula is C74H144O17P2. The summed E-state index contributed by atoms with van der Waals surface area (Å²) in [4.78, 5) is 72.7. The minimum atomic E-state index is -4.96. The number of phosphoric ester groups is 2. The van der Waals surface area contributed by atoms with Crippen LogP contribution in [0.4, 0.5) is 0 Å². The Hall–Kier alpha value is -1.94. The van der Waals surface area contributed by atoms with Crippen molar-refractivity contribution in [3.8, 4) is 0 Å². The van der Waals surface area contributed by atoms with Crippen molar-refractivity contribution in [1.82, 2.24) is 0 Å². The van der Waals surface area contributed by atoms with Gasteiger partial charge in [-0.05, 0) is 37.5 Å². The van der Waals surface area contributed by atoms with E-state index in [1.807, 2.05) is 0 Å². The van der Waals surface area contributed by atoms with Gasteiger partial charge in [0.2, 0.25) is 0 Å². The Bertz CT molecular complexity index is 1800. The molecule has 0 heterocycles. The molecule has 2 unspecified atom stereocenters. The Morgan fingerprint density at radius 3 is 0.731 bits per heavy atom. The molecule has 19 heteroatoms. The van der Waals surface area contributed by atoms with E-state index in [1.165, 1.54) is 199 Å². The van der Waals surface area contributed by atoms with Gasteiger partial charge in [-0.1, -0.05) is 330 Å². The van der Waals surface area contributed by atoms with Crippen molar-refractivity contribution in [3.05, 3.63) is 0 Å². The van der Waals surface area contributed by atoms with Gasteiger partial charge >= 0.3 is 39.5 Å². The first-order chi connectivity index (χ1) is 44.9. The van der Waals surface area contributed by atoms with Crippen LogP contribution in [0.5, 0.6) is 0 Å². The smallest absolute Gasteiger partial charge is 0.462 e. The maximum absolute atomic E-state index is 13.1.